The standard InChI is InChI=1S/C19H24ClNO3/c1-18(2)8-15-9-19(3,11-18)12-21(15)16(22)10-24-17(23)13-5-4-6-14(20)7-13/h4-7,15H,8-12H2,1-3H3/t15-,19-/m0/s1. The number of ether oxygens (including phenoxy) is 1. The van der Waals surface area contributed by atoms with Gasteiger partial charge in [-0.1, -0.05) is 38.4 Å². The zero-order valence-corrected chi connectivity index (χ0v) is 15.2. The summed E-state index contributed by atoms with van der Waals surface area (Å²) in [5.74, 6) is -0.614. The van der Waals surface area contributed by atoms with Gasteiger partial charge < -0.3 is 9.64 Å². The van der Waals surface area contributed by atoms with E-state index in [9.17, 15) is 9.59 Å². The first-order chi connectivity index (χ1) is 11.2. The number of benzene rings is 1. The Hall–Kier alpha value is -1.55. The van der Waals surface area contributed by atoms with Crippen molar-refractivity contribution in [3.63, 3.8) is 0 Å². The molecule has 2 atom stereocenters. The van der Waals surface area contributed by atoms with Crippen molar-refractivity contribution in [2.75, 3.05) is 13.2 Å². The van der Waals surface area contributed by atoms with E-state index in [0.29, 0.717) is 10.6 Å². The Morgan fingerprint density at radius 2 is 2.04 bits per heavy atom. The van der Waals surface area contributed by atoms with Gasteiger partial charge in [0.1, 0.15) is 0 Å². The predicted molar refractivity (Wildman–Crippen MR) is 93.0 cm³/mol. The second-order valence-corrected chi connectivity index (χ2v) is 8.76. The lowest BCUT2D eigenvalue weighted by Crippen LogP contribution is -2.39. The van der Waals surface area contributed by atoms with Crippen LogP contribution >= 0.6 is 11.6 Å². The van der Waals surface area contributed by atoms with Crippen LogP contribution in [0, 0.1) is 10.8 Å². The average molecular weight is 350 g/mol. The minimum Gasteiger partial charge on any atom is -0.452 e. The summed E-state index contributed by atoms with van der Waals surface area (Å²) in [6, 6.07) is 6.81. The van der Waals surface area contributed by atoms with E-state index in [-0.39, 0.29) is 29.4 Å². The van der Waals surface area contributed by atoms with Gasteiger partial charge in [0.2, 0.25) is 0 Å². The van der Waals surface area contributed by atoms with Crippen LogP contribution in [0.5, 0.6) is 0 Å². The number of likely N-dealkylation sites (tertiary alicyclic amines) is 1. The van der Waals surface area contributed by atoms with Gasteiger partial charge in [0, 0.05) is 17.6 Å². The van der Waals surface area contributed by atoms with Crippen LogP contribution in [0.4, 0.5) is 0 Å². The molecular weight excluding hydrogens is 326 g/mol. The van der Waals surface area contributed by atoms with E-state index in [1.165, 1.54) is 0 Å². The number of halogens is 1. The molecule has 1 saturated heterocycles. The average Bonchev–Trinajstić information content (AvgIpc) is 2.73. The summed E-state index contributed by atoms with van der Waals surface area (Å²) in [5.41, 5.74) is 0.798. The third kappa shape index (κ3) is 3.59. The molecule has 0 spiro atoms. The molecule has 2 fully saturated rings. The second kappa shape index (κ2) is 6.07. The van der Waals surface area contributed by atoms with Crippen molar-refractivity contribution in [1.29, 1.82) is 0 Å². The molecule has 1 heterocycles. The van der Waals surface area contributed by atoms with Crippen molar-refractivity contribution in [2.45, 2.75) is 46.1 Å². The van der Waals surface area contributed by atoms with Crippen LogP contribution in [-0.2, 0) is 9.53 Å². The highest BCUT2D eigenvalue weighted by molar-refractivity contribution is 6.30. The number of nitrogens with zero attached hydrogens (tertiary/aromatic N) is 1. The summed E-state index contributed by atoms with van der Waals surface area (Å²) in [4.78, 5) is 26.5. The molecule has 1 aliphatic carbocycles. The smallest absolute Gasteiger partial charge is 0.338 e. The molecule has 1 aliphatic heterocycles. The van der Waals surface area contributed by atoms with Gasteiger partial charge >= 0.3 is 5.97 Å². The summed E-state index contributed by atoms with van der Waals surface area (Å²) in [6.45, 7) is 7.34. The van der Waals surface area contributed by atoms with Crippen LogP contribution in [-0.4, -0.2) is 36.0 Å². The summed E-state index contributed by atoms with van der Waals surface area (Å²) in [5, 5.41) is 0.472. The molecule has 0 aromatic heterocycles. The lowest BCUT2D eigenvalue weighted by Gasteiger charge is -2.39. The summed E-state index contributed by atoms with van der Waals surface area (Å²) < 4.78 is 5.20. The molecule has 24 heavy (non-hydrogen) atoms. The van der Waals surface area contributed by atoms with Crippen LogP contribution in [0.25, 0.3) is 0 Å². The molecule has 1 aromatic rings. The Morgan fingerprint density at radius 1 is 1.29 bits per heavy atom. The largest absolute Gasteiger partial charge is 0.452 e. The molecule has 0 N–H and O–H groups in total. The normalized spacial score (nSPS) is 27.8. The van der Waals surface area contributed by atoms with Gasteiger partial charge in [-0.25, -0.2) is 4.79 Å². The molecule has 3 rings (SSSR count). The van der Waals surface area contributed by atoms with Crippen molar-refractivity contribution in [3.05, 3.63) is 34.9 Å². The van der Waals surface area contributed by atoms with Crippen LogP contribution in [0.3, 0.4) is 0 Å². The highest BCUT2D eigenvalue weighted by Gasteiger charge is 2.50. The number of fused-ring (bicyclic) bond motifs is 2. The fourth-order valence-corrected chi connectivity index (χ4v) is 4.85. The number of hydrogen-bond acceptors (Lipinski definition) is 3. The van der Waals surface area contributed by atoms with Crippen LogP contribution in [0.1, 0.15) is 50.4 Å². The van der Waals surface area contributed by atoms with Crippen molar-refractivity contribution in [3.8, 4) is 0 Å². The minimum atomic E-state index is -0.514. The third-order valence-electron chi connectivity index (χ3n) is 5.12. The molecule has 2 aliphatic rings. The molecule has 0 unspecified atom stereocenters. The summed E-state index contributed by atoms with van der Waals surface area (Å²) in [7, 11) is 0. The van der Waals surface area contributed by atoms with Crippen LogP contribution in [0.15, 0.2) is 24.3 Å². The maximum absolute atomic E-state index is 12.6. The predicted octanol–water partition coefficient (Wildman–Crippen LogP) is 3.92. The lowest BCUT2D eigenvalue weighted by atomic mass is 9.65. The topological polar surface area (TPSA) is 46.6 Å². The monoisotopic (exact) mass is 349 g/mol. The lowest BCUT2D eigenvalue weighted by molar-refractivity contribution is -0.135. The van der Waals surface area contributed by atoms with E-state index < -0.39 is 5.97 Å². The van der Waals surface area contributed by atoms with E-state index in [4.69, 9.17) is 16.3 Å². The fourth-order valence-electron chi connectivity index (χ4n) is 4.66. The van der Waals surface area contributed by atoms with Gasteiger partial charge in [-0.15, -0.1) is 0 Å². The zero-order valence-electron chi connectivity index (χ0n) is 14.5. The van der Waals surface area contributed by atoms with Gasteiger partial charge in [0.05, 0.1) is 5.56 Å². The Bertz CT molecular complexity index is 672. The SMILES string of the molecule is CC1(C)C[C@H]2C[C@](C)(CN2C(=O)COC(=O)c2cccc(Cl)c2)C1. The molecule has 1 amide bonds. The Balaban J connectivity index is 1.61. The minimum absolute atomic E-state index is 0.100. The first kappa shape index (κ1) is 17.3. The Kier molecular flexibility index (Phi) is 4.37. The molecule has 130 valence electrons. The summed E-state index contributed by atoms with van der Waals surface area (Å²) in [6.07, 6.45) is 3.18. The zero-order chi connectivity index (χ0) is 17.5. The highest BCUT2D eigenvalue weighted by atomic mass is 35.5. The second-order valence-electron chi connectivity index (χ2n) is 8.32. The number of carbonyl (C=O) groups is 2. The molecule has 2 bridgehead atoms. The third-order valence-corrected chi connectivity index (χ3v) is 5.36. The van der Waals surface area contributed by atoms with Crippen molar-refractivity contribution < 1.29 is 14.3 Å². The quantitative estimate of drug-likeness (QED) is 0.777. The van der Waals surface area contributed by atoms with E-state index in [1.54, 1.807) is 24.3 Å². The number of esters is 1. The molecular formula is C19H24ClNO3. The highest BCUT2D eigenvalue weighted by Crippen LogP contribution is 2.52. The molecule has 4 nitrogen and oxygen atoms in total. The van der Waals surface area contributed by atoms with E-state index in [1.807, 2.05) is 4.90 Å². The van der Waals surface area contributed by atoms with Gasteiger partial charge in [0.15, 0.2) is 6.61 Å². The molecule has 1 saturated carbocycles. The first-order valence-corrected chi connectivity index (χ1v) is 8.78. The van der Waals surface area contributed by atoms with Crippen molar-refractivity contribution >= 4 is 23.5 Å². The van der Waals surface area contributed by atoms with Gasteiger partial charge in [0.25, 0.3) is 5.91 Å². The van der Waals surface area contributed by atoms with Gasteiger partial charge in [-0.2, -0.15) is 0 Å². The van der Waals surface area contributed by atoms with Crippen LogP contribution < -0.4 is 0 Å². The fraction of sp³-hybridized carbons (Fsp3) is 0.579. The van der Waals surface area contributed by atoms with Crippen molar-refractivity contribution in [1.82, 2.24) is 4.90 Å². The molecule has 0 radical (unpaired) electrons. The van der Waals surface area contributed by atoms with Crippen molar-refractivity contribution in [2.24, 2.45) is 10.8 Å². The van der Waals surface area contributed by atoms with E-state index in [0.717, 1.165) is 25.8 Å². The van der Waals surface area contributed by atoms with E-state index >= 15 is 0 Å². The Labute approximate surface area is 148 Å². The molecule has 5 heteroatoms. The number of rotatable bonds is 3. The number of hydrogen-bond donors (Lipinski definition) is 0. The number of carbonyl (C=O) groups excluding carboxylic acids is 2. The van der Waals surface area contributed by atoms with Gasteiger partial charge in [-0.05, 0) is 48.3 Å². The van der Waals surface area contributed by atoms with Gasteiger partial charge in [-0.3, -0.25) is 4.79 Å². The summed E-state index contributed by atoms with van der Waals surface area (Å²) >= 11 is 5.88. The maximum Gasteiger partial charge on any atom is 0.338 e. The van der Waals surface area contributed by atoms with E-state index in [2.05, 4.69) is 20.8 Å². The first-order valence-electron chi connectivity index (χ1n) is 8.40. The Morgan fingerprint density at radius 3 is 2.75 bits per heavy atom. The maximum atomic E-state index is 12.6. The van der Waals surface area contributed by atoms with Crippen LogP contribution in [0.2, 0.25) is 5.02 Å². The molecule has 1 aromatic carbocycles. The number of amides is 1.